The molecule has 0 saturated carbocycles. The van der Waals surface area contributed by atoms with Gasteiger partial charge in [0.05, 0.1) is 6.10 Å². The van der Waals surface area contributed by atoms with Gasteiger partial charge in [0.2, 0.25) is 5.91 Å². The molecule has 0 aliphatic heterocycles. The van der Waals surface area contributed by atoms with E-state index in [9.17, 15) is 19.5 Å². The molecule has 0 unspecified atom stereocenters. The van der Waals surface area contributed by atoms with Crippen LogP contribution in [0.3, 0.4) is 0 Å². The molecular weight excluding hydrogens is 266 g/mol. The number of nitrogens with one attached hydrogen (secondary N) is 2. The standard InChI is InChI=1S/C12H23N3O5/c1-5-15(6-9(17)13-7(2)3)12(20)14-10(8(4)16)11(18)19/h7-8,10,16H,5-6H2,1-4H3,(H,13,17)(H,14,20)(H,18,19)/t8-,10+/m1/s1. The van der Waals surface area contributed by atoms with Crippen LogP contribution >= 0.6 is 0 Å². The number of aliphatic hydroxyl groups is 1. The number of carboxylic acids is 1. The van der Waals surface area contributed by atoms with Crippen molar-refractivity contribution in [1.82, 2.24) is 15.5 Å². The van der Waals surface area contributed by atoms with E-state index in [1.165, 1.54) is 6.92 Å². The molecule has 0 rings (SSSR count). The summed E-state index contributed by atoms with van der Waals surface area (Å²) in [6.07, 6.45) is -1.24. The third kappa shape index (κ3) is 6.37. The number of carbonyl (C=O) groups excluding carboxylic acids is 2. The van der Waals surface area contributed by atoms with Gasteiger partial charge >= 0.3 is 12.0 Å². The summed E-state index contributed by atoms with van der Waals surface area (Å²) in [5.41, 5.74) is 0. The maximum Gasteiger partial charge on any atom is 0.328 e. The van der Waals surface area contributed by atoms with Crippen molar-refractivity contribution >= 4 is 17.9 Å². The van der Waals surface area contributed by atoms with Crippen LogP contribution in [0.1, 0.15) is 27.7 Å². The molecule has 0 saturated heterocycles. The number of hydrogen-bond donors (Lipinski definition) is 4. The fraction of sp³-hybridized carbons (Fsp3) is 0.750. The Morgan fingerprint density at radius 1 is 1.15 bits per heavy atom. The van der Waals surface area contributed by atoms with Gasteiger partial charge in [0.1, 0.15) is 6.54 Å². The Morgan fingerprint density at radius 3 is 2.05 bits per heavy atom. The maximum absolute atomic E-state index is 11.9. The first-order chi connectivity index (χ1) is 9.18. The van der Waals surface area contributed by atoms with Gasteiger partial charge in [-0.1, -0.05) is 0 Å². The van der Waals surface area contributed by atoms with Gasteiger partial charge in [-0.3, -0.25) is 4.79 Å². The first-order valence-electron chi connectivity index (χ1n) is 6.44. The monoisotopic (exact) mass is 289 g/mol. The highest BCUT2D eigenvalue weighted by atomic mass is 16.4. The first kappa shape index (κ1) is 18.2. The summed E-state index contributed by atoms with van der Waals surface area (Å²) in [4.78, 5) is 35.5. The van der Waals surface area contributed by atoms with E-state index in [1.54, 1.807) is 20.8 Å². The van der Waals surface area contributed by atoms with Crippen LogP contribution in [-0.4, -0.2) is 64.3 Å². The molecule has 0 heterocycles. The minimum atomic E-state index is -1.41. The number of likely N-dealkylation sites (N-methyl/N-ethyl adjacent to an activating group) is 1. The molecule has 0 bridgehead atoms. The fourth-order valence-corrected chi connectivity index (χ4v) is 1.48. The summed E-state index contributed by atoms with van der Waals surface area (Å²) in [5.74, 6) is -1.67. The fourth-order valence-electron chi connectivity index (χ4n) is 1.48. The van der Waals surface area contributed by atoms with Gasteiger partial charge in [-0.25, -0.2) is 9.59 Å². The summed E-state index contributed by atoms with van der Waals surface area (Å²) in [7, 11) is 0. The van der Waals surface area contributed by atoms with Crippen LogP contribution in [-0.2, 0) is 9.59 Å². The van der Waals surface area contributed by atoms with Crippen molar-refractivity contribution in [1.29, 1.82) is 0 Å². The number of aliphatic carboxylic acids is 1. The number of aliphatic hydroxyl groups excluding tert-OH is 1. The van der Waals surface area contributed by atoms with Crippen molar-refractivity contribution < 1.29 is 24.6 Å². The highest BCUT2D eigenvalue weighted by Crippen LogP contribution is 1.97. The lowest BCUT2D eigenvalue weighted by molar-refractivity contribution is -0.141. The van der Waals surface area contributed by atoms with Crippen LogP contribution in [0, 0.1) is 0 Å². The molecule has 3 amide bonds. The molecule has 20 heavy (non-hydrogen) atoms. The van der Waals surface area contributed by atoms with Gasteiger partial charge in [0.15, 0.2) is 6.04 Å². The van der Waals surface area contributed by atoms with Gasteiger partial charge in [-0.15, -0.1) is 0 Å². The largest absolute Gasteiger partial charge is 0.480 e. The molecule has 8 heteroatoms. The maximum atomic E-state index is 11.9. The Labute approximate surface area is 118 Å². The molecule has 0 spiro atoms. The van der Waals surface area contributed by atoms with Crippen LogP contribution in [0.4, 0.5) is 4.79 Å². The smallest absolute Gasteiger partial charge is 0.328 e. The zero-order valence-electron chi connectivity index (χ0n) is 12.2. The normalized spacial score (nSPS) is 13.5. The molecule has 0 radical (unpaired) electrons. The highest BCUT2D eigenvalue weighted by Gasteiger charge is 2.27. The average Bonchev–Trinajstić information content (AvgIpc) is 2.30. The molecule has 0 fully saturated rings. The summed E-state index contributed by atoms with van der Waals surface area (Å²) in [6.45, 7) is 6.58. The third-order valence-electron chi connectivity index (χ3n) is 2.48. The predicted octanol–water partition coefficient (Wildman–Crippen LogP) is -0.623. The quantitative estimate of drug-likeness (QED) is 0.498. The minimum Gasteiger partial charge on any atom is -0.480 e. The number of hydrogen-bond acceptors (Lipinski definition) is 4. The molecule has 116 valence electrons. The molecule has 2 atom stereocenters. The summed E-state index contributed by atoms with van der Waals surface area (Å²) < 4.78 is 0. The average molecular weight is 289 g/mol. The number of carboxylic acid groups (broad SMARTS) is 1. The lowest BCUT2D eigenvalue weighted by Gasteiger charge is -2.25. The number of amides is 3. The Bertz CT molecular complexity index is 357. The van der Waals surface area contributed by atoms with Crippen LogP contribution < -0.4 is 10.6 Å². The molecular formula is C12H23N3O5. The molecule has 0 aromatic carbocycles. The van der Waals surface area contributed by atoms with Crippen LogP contribution in [0.25, 0.3) is 0 Å². The summed E-state index contributed by atoms with van der Waals surface area (Å²) in [5, 5.41) is 23.0. The van der Waals surface area contributed by atoms with E-state index < -0.39 is 24.1 Å². The van der Waals surface area contributed by atoms with E-state index in [0.717, 1.165) is 4.90 Å². The Morgan fingerprint density at radius 2 is 1.70 bits per heavy atom. The Hall–Kier alpha value is -1.83. The topological polar surface area (TPSA) is 119 Å². The predicted molar refractivity (Wildman–Crippen MR) is 72.2 cm³/mol. The van der Waals surface area contributed by atoms with Gasteiger partial charge in [-0.2, -0.15) is 0 Å². The van der Waals surface area contributed by atoms with Crippen molar-refractivity contribution in [2.45, 2.75) is 45.9 Å². The van der Waals surface area contributed by atoms with Crippen molar-refractivity contribution in [3.63, 3.8) is 0 Å². The van der Waals surface area contributed by atoms with Gasteiger partial charge in [-0.05, 0) is 27.7 Å². The number of rotatable bonds is 7. The van der Waals surface area contributed by atoms with E-state index in [1.807, 2.05) is 0 Å². The van der Waals surface area contributed by atoms with Crippen LogP contribution in [0.15, 0.2) is 0 Å². The van der Waals surface area contributed by atoms with Gasteiger partial charge in [0.25, 0.3) is 0 Å². The van der Waals surface area contributed by atoms with Crippen molar-refractivity contribution in [2.24, 2.45) is 0 Å². The Kier molecular flexibility index (Phi) is 7.60. The number of nitrogens with zero attached hydrogens (tertiary/aromatic N) is 1. The zero-order chi connectivity index (χ0) is 15.9. The lowest BCUT2D eigenvalue weighted by Crippen LogP contribution is -2.54. The second-order valence-corrected chi connectivity index (χ2v) is 4.74. The lowest BCUT2D eigenvalue weighted by atomic mass is 10.2. The van der Waals surface area contributed by atoms with E-state index in [0.29, 0.717) is 0 Å². The second-order valence-electron chi connectivity index (χ2n) is 4.74. The van der Waals surface area contributed by atoms with Crippen molar-refractivity contribution in [3.8, 4) is 0 Å². The van der Waals surface area contributed by atoms with Crippen molar-refractivity contribution in [2.75, 3.05) is 13.1 Å². The molecule has 0 aliphatic carbocycles. The summed E-state index contributed by atoms with van der Waals surface area (Å²) >= 11 is 0. The van der Waals surface area contributed by atoms with Gasteiger partial charge in [0, 0.05) is 12.6 Å². The molecule has 0 aromatic rings. The SMILES string of the molecule is CCN(CC(=O)NC(C)C)C(=O)N[C@H](C(=O)O)[C@@H](C)O. The van der Waals surface area contributed by atoms with Gasteiger partial charge < -0.3 is 25.7 Å². The number of carbonyl (C=O) groups is 3. The Balaban J connectivity index is 4.61. The van der Waals surface area contributed by atoms with E-state index in [2.05, 4.69) is 10.6 Å². The van der Waals surface area contributed by atoms with E-state index in [4.69, 9.17) is 5.11 Å². The van der Waals surface area contributed by atoms with Crippen LogP contribution in [0.2, 0.25) is 0 Å². The molecule has 8 nitrogen and oxygen atoms in total. The first-order valence-corrected chi connectivity index (χ1v) is 6.44. The van der Waals surface area contributed by atoms with Crippen molar-refractivity contribution in [3.05, 3.63) is 0 Å². The summed E-state index contributed by atoms with van der Waals surface area (Å²) in [6, 6.07) is -2.17. The van der Waals surface area contributed by atoms with Crippen LogP contribution in [0.5, 0.6) is 0 Å². The van der Waals surface area contributed by atoms with E-state index in [-0.39, 0.29) is 25.0 Å². The number of urea groups is 1. The third-order valence-corrected chi connectivity index (χ3v) is 2.48. The molecule has 0 aromatic heterocycles. The highest BCUT2D eigenvalue weighted by molar-refractivity contribution is 5.87. The minimum absolute atomic E-state index is 0.0477. The second kappa shape index (κ2) is 8.36. The van der Waals surface area contributed by atoms with E-state index >= 15 is 0 Å². The molecule has 4 N–H and O–H groups in total. The zero-order valence-corrected chi connectivity index (χ0v) is 12.2. The molecule has 0 aliphatic rings.